The number of amides is 1. The van der Waals surface area contributed by atoms with Crippen LogP contribution in [0.15, 0.2) is 33.7 Å². The minimum absolute atomic E-state index is 0.00239. The van der Waals surface area contributed by atoms with E-state index in [9.17, 15) is 13.2 Å². The van der Waals surface area contributed by atoms with Crippen LogP contribution in [0.5, 0.6) is 0 Å². The molecular weight excluding hydrogens is 378 g/mol. The van der Waals surface area contributed by atoms with Crippen LogP contribution in [-0.2, 0) is 14.8 Å². The van der Waals surface area contributed by atoms with Gasteiger partial charge < -0.3 is 9.84 Å². The Kier molecular flexibility index (Phi) is 5.07. The number of benzene rings is 1. The Balaban J connectivity index is 1.49. The van der Waals surface area contributed by atoms with Gasteiger partial charge in [0.15, 0.2) is 5.76 Å². The lowest BCUT2D eigenvalue weighted by atomic mass is 10.2. The largest absolute Gasteiger partial charge is 0.354 e. The number of sulfonamides is 1. The SMILES string of the molecule is Cc1noc(/C=C\c2ccc(S(=O)(=O)N3CCCC3)cc2)c1NC(=O)C1CC1. The van der Waals surface area contributed by atoms with E-state index in [-0.39, 0.29) is 11.8 Å². The second-order valence-electron chi connectivity index (χ2n) is 7.28. The van der Waals surface area contributed by atoms with Gasteiger partial charge in [-0.25, -0.2) is 8.42 Å². The lowest BCUT2D eigenvalue weighted by Gasteiger charge is -2.15. The monoisotopic (exact) mass is 401 g/mol. The summed E-state index contributed by atoms with van der Waals surface area (Å²) in [6, 6.07) is 6.75. The molecule has 0 spiro atoms. The van der Waals surface area contributed by atoms with Crippen LogP contribution >= 0.6 is 0 Å². The highest BCUT2D eigenvalue weighted by Gasteiger charge is 2.31. The predicted octanol–water partition coefficient (Wildman–Crippen LogP) is 3.29. The Morgan fingerprint density at radius 1 is 1.18 bits per heavy atom. The van der Waals surface area contributed by atoms with Crippen LogP contribution in [0.4, 0.5) is 5.69 Å². The summed E-state index contributed by atoms with van der Waals surface area (Å²) in [6.07, 6.45) is 7.21. The van der Waals surface area contributed by atoms with Crippen molar-refractivity contribution in [3.63, 3.8) is 0 Å². The molecule has 2 aromatic rings. The van der Waals surface area contributed by atoms with E-state index in [4.69, 9.17) is 4.52 Å². The fraction of sp³-hybridized carbons (Fsp3) is 0.400. The Morgan fingerprint density at radius 2 is 1.86 bits per heavy atom. The van der Waals surface area contributed by atoms with E-state index in [1.165, 1.54) is 4.31 Å². The van der Waals surface area contributed by atoms with Gasteiger partial charge in [-0.2, -0.15) is 4.31 Å². The smallest absolute Gasteiger partial charge is 0.243 e. The molecule has 1 aliphatic heterocycles. The zero-order valence-electron chi connectivity index (χ0n) is 15.7. The number of carbonyl (C=O) groups excluding carboxylic acids is 1. The standard InChI is InChI=1S/C20H23N3O4S/c1-14-19(21-20(24)16-7-8-16)18(27-22-14)11-6-15-4-9-17(10-5-15)28(25,26)23-12-2-3-13-23/h4-6,9-11,16H,2-3,7-8,12-13H2,1H3,(H,21,24)/b11-6-. The lowest BCUT2D eigenvalue weighted by molar-refractivity contribution is -0.117. The molecular formula is C20H23N3O4S. The number of aryl methyl sites for hydroxylation is 1. The van der Waals surface area contributed by atoms with Crippen LogP contribution < -0.4 is 5.32 Å². The Bertz CT molecular complexity index is 999. The minimum Gasteiger partial charge on any atom is -0.354 e. The van der Waals surface area contributed by atoms with E-state index in [0.29, 0.717) is 35.1 Å². The highest BCUT2D eigenvalue weighted by Crippen LogP contribution is 2.32. The third-order valence-electron chi connectivity index (χ3n) is 5.10. The van der Waals surface area contributed by atoms with Gasteiger partial charge in [-0.15, -0.1) is 0 Å². The average molecular weight is 401 g/mol. The first kappa shape index (κ1) is 18.9. The molecule has 28 heavy (non-hydrogen) atoms. The summed E-state index contributed by atoms with van der Waals surface area (Å²) in [4.78, 5) is 12.3. The first-order chi connectivity index (χ1) is 13.4. The minimum atomic E-state index is -3.41. The molecule has 2 heterocycles. The summed E-state index contributed by atoms with van der Waals surface area (Å²) >= 11 is 0. The summed E-state index contributed by atoms with van der Waals surface area (Å²) in [6.45, 7) is 2.95. The fourth-order valence-electron chi connectivity index (χ4n) is 3.22. The van der Waals surface area contributed by atoms with E-state index < -0.39 is 10.0 Å². The molecule has 1 aromatic carbocycles. The fourth-order valence-corrected chi connectivity index (χ4v) is 4.74. The summed E-state index contributed by atoms with van der Waals surface area (Å²) in [5.41, 5.74) is 2.04. The maximum Gasteiger partial charge on any atom is 0.243 e. The number of aromatic nitrogens is 1. The van der Waals surface area contributed by atoms with Crippen LogP contribution in [-0.4, -0.2) is 36.9 Å². The van der Waals surface area contributed by atoms with Crippen molar-refractivity contribution in [1.29, 1.82) is 0 Å². The van der Waals surface area contributed by atoms with Crippen molar-refractivity contribution in [2.45, 2.75) is 37.5 Å². The molecule has 1 saturated heterocycles. The normalized spacial score (nSPS) is 18.0. The molecule has 0 atom stereocenters. The Hall–Kier alpha value is -2.45. The van der Waals surface area contributed by atoms with Gasteiger partial charge in [-0.05, 0) is 56.4 Å². The highest BCUT2D eigenvalue weighted by molar-refractivity contribution is 7.89. The molecule has 148 valence electrons. The topological polar surface area (TPSA) is 92.5 Å². The summed E-state index contributed by atoms with van der Waals surface area (Å²) in [5, 5.41) is 6.81. The Labute approximate surface area is 164 Å². The van der Waals surface area contributed by atoms with Gasteiger partial charge in [0.05, 0.1) is 4.90 Å². The van der Waals surface area contributed by atoms with Gasteiger partial charge in [-0.1, -0.05) is 23.4 Å². The van der Waals surface area contributed by atoms with Gasteiger partial charge >= 0.3 is 0 Å². The van der Waals surface area contributed by atoms with Gasteiger partial charge in [0.25, 0.3) is 0 Å². The van der Waals surface area contributed by atoms with Crippen molar-refractivity contribution < 1.29 is 17.7 Å². The van der Waals surface area contributed by atoms with Gasteiger partial charge in [-0.3, -0.25) is 4.79 Å². The summed E-state index contributed by atoms with van der Waals surface area (Å²) < 4.78 is 32.0. The average Bonchev–Trinajstić information content (AvgIpc) is 3.28. The van der Waals surface area contributed by atoms with E-state index in [0.717, 1.165) is 31.2 Å². The molecule has 0 radical (unpaired) electrons. The van der Waals surface area contributed by atoms with E-state index in [2.05, 4.69) is 10.5 Å². The highest BCUT2D eigenvalue weighted by atomic mass is 32.2. The lowest BCUT2D eigenvalue weighted by Crippen LogP contribution is -2.27. The molecule has 0 unspecified atom stereocenters. The number of anilines is 1. The van der Waals surface area contributed by atoms with Crippen molar-refractivity contribution in [2.75, 3.05) is 18.4 Å². The van der Waals surface area contributed by atoms with Gasteiger partial charge in [0.2, 0.25) is 15.9 Å². The third kappa shape index (κ3) is 3.88. The van der Waals surface area contributed by atoms with Crippen molar-refractivity contribution in [3.8, 4) is 0 Å². The van der Waals surface area contributed by atoms with E-state index in [1.807, 2.05) is 0 Å². The van der Waals surface area contributed by atoms with Crippen molar-refractivity contribution >= 4 is 33.8 Å². The van der Waals surface area contributed by atoms with Crippen LogP contribution in [0, 0.1) is 12.8 Å². The van der Waals surface area contributed by atoms with E-state index in [1.54, 1.807) is 43.3 Å². The van der Waals surface area contributed by atoms with Crippen LogP contribution in [0.1, 0.15) is 42.7 Å². The molecule has 7 nitrogen and oxygen atoms in total. The molecule has 1 aromatic heterocycles. The maximum atomic E-state index is 12.6. The molecule has 1 amide bonds. The van der Waals surface area contributed by atoms with Crippen LogP contribution in [0.25, 0.3) is 12.2 Å². The first-order valence-electron chi connectivity index (χ1n) is 9.50. The number of nitrogens with one attached hydrogen (secondary N) is 1. The van der Waals surface area contributed by atoms with Crippen LogP contribution in [0.3, 0.4) is 0 Å². The van der Waals surface area contributed by atoms with Crippen molar-refractivity contribution in [1.82, 2.24) is 9.46 Å². The number of hydrogen-bond donors (Lipinski definition) is 1. The summed E-state index contributed by atoms with van der Waals surface area (Å²) in [7, 11) is -3.41. The summed E-state index contributed by atoms with van der Waals surface area (Å²) in [5.74, 6) is 0.564. The molecule has 0 bridgehead atoms. The second-order valence-corrected chi connectivity index (χ2v) is 9.22. The number of nitrogens with zero attached hydrogens (tertiary/aromatic N) is 2. The first-order valence-corrected chi connectivity index (χ1v) is 10.9. The second kappa shape index (κ2) is 7.52. The molecule has 4 rings (SSSR count). The molecule has 1 saturated carbocycles. The van der Waals surface area contributed by atoms with Crippen LogP contribution in [0.2, 0.25) is 0 Å². The molecule has 8 heteroatoms. The number of hydrogen-bond acceptors (Lipinski definition) is 5. The van der Waals surface area contributed by atoms with Gasteiger partial charge in [0.1, 0.15) is 11.4 Å². The third-order valence-corrected chi connectivity index (χ3v) is 7.01. The predicted molar refractivity (Wildman–Crippen MR) is 106 cm³/mol. The zero-order chi connectivity index (χ0) is 19.7. The van der Waals surface area contributed by atoms with Crippen molar-refractivity contribution in [3.05, 3.63) is 41.3 Å². The maximum absolute atomic E-state index is 12.6. The Morgan fingerprint density at radius 3 is 2.50 bits per heavy atom. The van der Waals surface area contributed by atoms with Crippen molar-refractivity contribution in [2.24, 2.45) is 5.92 Å². The van der Waals surface area contributed by atoms with E-state index >= 15 is 0 Å². The molecule has 1 aliphatic carbocycles. The zero-order valence-corrected chi connectivity index (χ0v) is 16.5. The molecule has 1 N–H and O–H groups in total. The molecule has 2 aliphatic rings. The number of rotatable bonds is 6. The molecule has 2 fully saturated rings. The van der Waals surface area contributed by atoms with Gasteiger partial charge in [0, 0.05) is 19.0 Å². The quantitative estimate of drug-likeness (QED) is 0.802. The number of carbonyl (C=O) groups is 1.